The molecular weight excluding hydrogens is 272 g/mol. The number of rotatable bonds is 3. The zero-order valence-electron chi connectivity index (χ0n) is 12.1. The first-order valence-electron chi connectivity index (χ1n) is 6.97. The van der Waals surface area contributed by atoms with Crippen LogP contribution in [0.25, 0.3) is 0 Å². The quantitative estimate of drug-likeness (QED) is 0.781. The molecule has 0 aliphatic carbocycles. The Bertz CT molecular complexity index is 544. The molecule has 21 heavy (non-hydrogen) atoms. The molecule has 3 atom stereocenters. The Labute approximate surface area is 123 Å². The van der Waals surface area contributed by atoms with E-state index in [1.54, 1.807) is 4.90 Å². The van der Waals surface area contributed by atoms with Gasteiger partial charge in [-0.1, -0.05) is 25.1 Å². The van der Waals surface area contributed by atoms with Crippen LogP contribution in [-0.2, 0) is 11.2 Å². The van der Waals surface area contributed by atoms with Crippen molar-refractivity contribution in [3.05, 3.63) is 29.8 Å². The van der Waals surface area contributed by atoms with E-state index in [0.717, 1.165) is 17.7 Å². The van der Waals surface area contributed by atoms with Crippen LogP contribution in [0.5, 0.6) is 0 Å². The molecule has 0 bridgehead atoms. The molecule has 0 radical (unpaired) electrons. The summed E-state index contributed by atoms with van der Waals surface area (Å²) in [6.45, 7) is 3.90. The molecular formula is C15H20N2O4. The number of para-hydroxylation sites is 1. The molecule has 3 unspecified atom stereocenters. The van der Waals surface area contributed by atoms with Crippen molar-refractivity contribution in [1.29, 1.82) is 0 Å². The van der Waals surface area contributed by atoms with E-state index in [4.69, 9.17) is 5.11 Å². The van der Waals surface area contributed by atoms with E-state index in [2.05, 4.69) is 5.32 Å². The van der Waals surface area contributed by atoms with Gasteiger partial charge in [-0.25, -0.2) is 9.59 Å². The number of aliphatic hydroxyl groups is 1. The summed E-state index contributed by atoms with van der Waals surface area (Å²) in [6, 6.07) is 5.76. The summed E-state index contributed by atoms with van der Waals surface area (Å²) >= 11 is 0. The maximum absolute atomic E-state index is 12.4. The number of fused-ring (bicyclic) bond motifs is 1. The summed E-state index contributed by atoms with van der Waals surface area (Å²) in [4.78, 5) is 25.0. The Morgan fingerprint density at radius 3 is 2.67 bits per heavy atom. The molecule has 1 aliphatic rings. The Morgan fingerprint density at radius 1 is 1.38 bits per heavy atom. The molecule has 0 spiro atoms. The minimum Gasteiger partial charge on any atom is -0.480 e. The third-order valence-corrected chi connectivity index (χ3v) is 3.62. The minimum atomic E-state index is -1.32. The van der Waals surface area contributed by atoms with Crippen LogP contribution in [0.4, 0.5) is 10.5 Å². The van der Waals surface area contributed by atoms with E-state index in [9.17, 15) is 14.7 Å². The van der Waals surface area contributed by atoms with Crippen molar-refractivity contribution in [3.63, 3.8) is 0 Å². The van der Waals surface area contributed by atoms with E-state index in [-0.39, 0.29) is 0 Å². The van der Waals surface area contributed by atoms with Crippen molar-refractivity contribution >= 4 is 17.7 Å². The fourth-order valence-electron chi connectivity index (χ4n) is 2.59. The summed E-state index contributed by atoms with van der Waals surface area (Å²) in [5.74, 6) is -0.961. The summed E-state index contributed by atoms with van der Waals surface area (Å²) in [6.07, 6.45) is -0.275. The van der Waals surface area contributed by atoms with Crippen LogP contribution in [-0.4, -0.2) is 40.9 Å². The van der Waals surface area contributed by atoms with Gasteiger partial charge in [0.2, 0.25) is 0 Å². The Hall–Kier alpha value is -2.08. The van der Waals surface area contributed by atoms with Crippen molar-refractivity contribution in [2.45, 2.75) is 32.4 Å². The third-order valence-electron chi connectivity index (χ3n) is 3.62. The van der Waals surface area contributed by atoms with E-state index < -0.39 is 24.1 Å². The fourth-order valence-corrected chi connectivity index (χ4v) is 2.59. The maximum atomic E-state index is 12.4. The first-order chi connectivity index (χ1) is 9.90. The molecule has 6 nitrogen and oxygen atoms in total. The van der Waals surface area contributed by atoms with Gasteiger partial charge < -0.3 is 15.5 Å². The number of urea groups is 1. The number of carboxylic acid groups (broad SMARTS) is 1. The first-order valence-corrected chi connectivity index (χ1v) is 6.97. The number of carboxylic acids is 1. The molecule has 1 aliphatic heterocycles. The number of hydrogen-bond donors (Lipinski definition) is 3. The largest absolute Gasteiger partial charge is 0.480 e. The van der Waals surface area contributed by atoms with E-state index >= 15 is 0 Å². The number of amides is 2. The first kappa shape index (κ1) is 15.3. The number of hydrogen-bond acceptors (Lipinski definition) is 3. The van der Waals surface area contributed by atoms with Crippen molar-refractivity contribution in [2.24, 2.45) is 5.92 Å². The summed E-state index contributed by atoms with van der Waals surface area (Å²) in [5, 5.41) is 20.9. The van der Waals surface area contributed by atoms with Crippen molar-refractivity contribution < 1.29 is 19.8 Å². The van der Waals surface area contributed by atoms with Crippen LogP contribution in [0.3, 0.4) is 0 Å². The second-order valence-corrected chi connectivity index (χ2v) is 5.55. The highest BCUT2D eigenvalue weighted by atomic mass is 16.4. The number of carbonyl (C=O) groups is 2. The molecule has 0 fully saturated rings. The lowest BCUT2D eigenvalue weighted by molar-refractivity contribution is -0.141. The lowest BCUT2D eigenvalue weighted by Gasteiger charge is -2.34. The van der Waals surface area contributed by atoms with Gasteiger partial charge in [0.15, 0.2) is 6.04 Å². The lowest BCUT2D eigenvalue weighted by atomic mass is 9.94. The van der Waals surface area contributed by atoms with Crippen LogP contribution >= 0.6 is 0 Å². The third kappa shape index (κ3) is 3.33. The molecule has 1 aromatic carbocycles. The van der Waals surface area contributed by atoms with Crippen LogP contribution in [0, 0.1) is 5.92 Å². The highest BCUT2D eigenvalue weighted by Crippen LogP contribution is 2.29. The van der Waals surface area contributed by atoms with Gasteiger partial charge in [-0.2, -0.15) is 0 Å². The van der Waals surface area contributed by atoms with Crippen LogP contribution in [0.2, 0.25) is 0 Å². The second kappa shape index (κ2) is 6.13. The van der Waals surface area contributed by atoms with Crippen LogP contribution in [0.15, 0.2) is 24.3 Å². The van der Waals surface area contributed by atoms with E-state index in [1.165, 1.54) is 6.92 Å². The molecule has 1 heterocycles. The SMILES string of the molecule is CC1Cc2ccccc2N(C(=O)NC(C(=O)O)C(C)O)C1. The number of anilines is 1. The smallest absolute Gasteiger partial charge is 0.328 e. The average Bonchev–Trinajstić information content (AvgIpc) is 2.42. The number of aliphatic carboxylic acids is 1. The minimum absolute atomic E-state index is 0.292. The molecule has 0 aromatic heterocycles. The molecule has 6 heteroatoms. The molecule has 0 saturated heterocycles. The van der Waals surface area contributed by atoms with Crippen molar-refractivity contribution in [2.75, 3.05) is 11.4 Å². The van der Waals surface area contributed by atoms with E-state index in [1.807, 2.05) is 31.2 Å². The Morgan fingerprint density at radius 2 is 2.05 bits per heavy atom. The van der Waals surface area contributed by atoms with Crippen LogP contribution < -0.4 is 10.2 Å². The van der Waals surface area contributed by atoms with Crippen LogP contribution in [0.1, 0.15) is 19.4 Å². The number of benzene rings is 1. The van der Waals surface area contributed by atoms with Crippen molar-refractivity contribution in [1.82, 2.24) is 5.32 Å². The van der Waals surface area contributed by atoms with Gasteiger partial charge in [-0.3, -0.25) is 4.90 Å². The van der Waals surface area contributed by atoms with Gasteiger partial charge in [-0.15, -0.1) is 0 Å². The second-order valence-electron chi connectivity index (χ2n) is 5.55. The van der Waals surface area contributed by atoms with Gasteiger partial charge in [-0.05, 0) is 30.9 Å². The summed E-state index contributed by atoms with van der Waals surface area (Å²) < 4.78 is 0. The summed E-state index contributed by atoms with van der Waals surface area (Å²) in [5.41, 5.74) is 1.86. The molecule has 2 amide bonds. The molecule has 0 saturated carbocycles. The van der Waals surface area contributed by atoms with Gasteiger partial charge in [0.25, 0.3) is 0 Å². The number of nitrogens with one attached hydrogen (secondary N) is 1. The fraction of sp³-hybridized carbons (Fsp3) is 0.467. The topological polar surface area (TPSA) is 89.9 Å². The molecule has 3 N–H and O–H groups in total. The molecule has 114 valence electrons. The number of carbonyl (C=O) groups excluding carboxylic acids is 1. The maximum Gasteiger partial charge on any atom is 0.328 e. The van der Waals surface area contributed by atoms with Gasteiger partial charge in [0.05, 0.1) is 6.10 Å². The number of aliphatic hydroxyl groups excluding tert-OH is 1. The van der Waals surface area contributed by atoms with Gasteiger partial charge in [0.1, 0.15) is 0 Å². The lowest BCUT2D eigenvalue weighted by Crippen LogP contribution is -2.54. The zero-order chi connectivity index (χ0) is 15.6. The van der Waals surface area contributed by atoms with Gasteiger partial charge >= 0.3 is 12.0 Å². The normalized spacial score (nSPS) is 20.3. The monoisotopic (exact) mass is 292 g/mol. The van der Waals surface area contributed by atoms with Gasteiger partial charge in [0, 0.05) is 12.2 Å². The predicted octanol–water partition coefficient (Wildman–Crippen LogP) is 1.23. The van der Waals surface area contributed by atoms with Crippen molar-refractivity contribution in [3.8, 4) is 0 Å². The van der Waals surface area contributed by atoms with E-state index in [0.29, 0.717) is 12.5 Å². The standard InChI is InChI=1S/C15H20N2O4/c1-9-7-11-5-3-4-6-12(11)17(8-9)15(21)16-13(10(2)18)14(19)20/h3-6,9-10,13,18H,7-8H2,1-2H3,(H,16,21)(H,19,20). The zero-order valence-corrected chi connectivity index (χ0v) is 12.1. The molecule has 2 rings (SSSR count). The summed E-state index contributed by atoms with van der Waals surface area (Å²) in [7, 11) is 0. The highest BCUT2D eigenvalue weighted by molar-refractivity contribution is 5.95. The Balaban J connectivity index is 2.21. The predicted molar refractivity (Wildman–Crippen MR) is 78.3 cm³/mol. The Kier molecular flexibility index (Phi) is 4.47. The molecule has 1 aromatic rings. The highest BCUT2D eigenvalue weighted by Gasteiger charge is 2.31. The average molecular weight is 292 g/mol. The number of nitrogens with zero attached hydrogens (tertiary/aromatic N) is 1.